The summed E-state index contributed by atoms with van der Waals surface area (Å²) in [4.78, 5) is 18.5. The Labute approximate surface area is 136 Å². The van der Waals surface area contributed by atoms with Gasteiger partial charge in [-0.3, -0.25) is 4.79 Å². The third-order valence-corrected chi connectivity index (χ3v) is 6.92. The number of aryl methyl sites for hydroxylation is 1. The summed E-state index contributed by atoms with van der Waals surface area (Å²) < 4.78 is 32.8. The quantitative estimate of drug-likeness (QED) is 0.889. The molecule has 2 aliphatic rings. The summed E-state index contributed by atoms with van der Waals surface area (Å²) in [6, 6.07) is 1.41. The molecule has 7 nitrogen and oxygen atoms in total. The van der Waals surface area contributed by atoms with Crippen LogP contribution in [-0.4, -0.2) is 47.6 Å². The molecule has 0 aromatic carbocycles. The van der Waals surface area contributed by atoms with Crippen LogP contribution in [0.3, 0.4) is 0 Å². The molecule has 1 aromatic rings. The van der Waals surface area contributed by atoms with Crippen LogP contribution in [0.2, 0.25) is 0 Å². The molecule has 1 N–H and O–H groups in total. The molecule has 1 saturated heterocycles. The number of rotatable bonds is 3. The zero-order valence-corrected chi connectivity index (χ0v) is 14.1. The van der Waals surface area contributed by atoms with E-state index in [1.54, 1.807) is 6.92 Å². The topological polar surface area (TPSA) is 92.4 Å². The summed E-state index contributed by atoms with van der Waals surface area (Å²) in [6.07, 6.45) is 4.03. The first-order valence-corrected chi connectivity index (χ1v) is 9.65. The number of sulfonamides is 1. The van der Waals surface area contributed by atoms with Crippen molar-refractivity contribution < 1.29 is 13.2 Å². The second-order valence-corrected chi connectivity index (χ2v) is 8.51. The van der Waals surface area contributed by atoms with E-state index in [1.165, 1.54) is 10.4 Å². The lowest BCUT2D eigenvalue weighted by molar-refractivity contribution is -0.00812. The fraction of sp³-hybridized carbons (Fsp3) is 0.733. The van der Waals surface area contributed by atoms with Gasteiger partial charge < -0.3 is 9.72 Å². The van der Waals surface area contributed by atoms with Gasteiger partial charge in [-0.1, -0.05) is 19.3 Å². The Hall–Kier alpha value is -1.25. The van der Waals surface area contributed by atoms with Crippen molar-refractivity contribution in [1.82, 2.24) is 14.3 Å². The van der Waals surface area contributed by atoms with Gasteiger partial charge in [-0.25, -0.2) is 13.4 Å². The van der Waals surface area contributed by atoms with Crippen molar-refractivity contribution in [2.45, 2.75) is 50.4 Å². The van der Waals surface area contributed by atoms with Crippen LogP contribution in [0, 0.1) is 6.92 Å². The van der Waals surface area contributed by atoms with Gasteiger partial charge in [-0.05, 0) is 19.8 Å². The molecule has 3 rings (SSSR count). The predicted octanol–water partition coefficient (Wildman–Crippen LogP) is 1.11. The van der Waals surface area contributed by atoms with Crippen LogP contribution in [0.25, 0.3) is 0 Å². The molecule has 0 radical (unpaired) electrons. The van der Waals surface area contributed by atoms with E-state index in [0.717, 1.165) is 32.1 Å². The molecule has 23 heavy (non-hydrogen) atoms. The van der Waals surface area contributed by atoms with E-state index >= 15 is 0 Å². The second kappa shape index (κ2) is 6.70. The lowest BCUT2D eigenvalue weighted by atomic mass is 10.0. The number of H-pyrrole nitrogens is 1. The van der Waals surface area contributed by atoms with Crippen LogP contribution >= 0.6 is 0 Å². The molecule has 8 heteroatoms. The Morgan fingerprint density at radius 3 is 2.74 bits per heavy atom. The molecule has 2 fully saturated rings. The molecule has 1 aromatic heterocycles. The molecule has 1 aliphatic heterocycles. The van der Waals surface area contributed by atoms with Crippen molar-refractivity contribution in [3.8, 4) is 0 Å². The average Bonchev–Trinajstić information content (AvgIpc) is 2.55. The summed E-state index contributed by atoms with van der Waals surface area (Å²) >= 11 is 0. The number of morpholine rings is 1. The largest absolute Gasteiger partial charge is 0.368 e. The first-order valence-electron chi connectivity index (χ1n) is 8.15. The summed E-state index contributed by atoms with van der Waals surface area (Å²) in [6.45, 7) is 2.63. The number of nitrogens with one attached hydrogen (secondary N) is 1. The number of ether oxygens (including phenoxy) is 1. The predicted molar refractivity (Wildman–Crippen MR) is 85.7 cm³/mol. The van der Waals surface area contributed by atoms with Crippen LogP contribution < -0.4 is 5.56 Å². The van der Waals surface area contributed by atoms with E-state index in [2.05, 4.69) is 9.97 Å². The van der Waals surface area contributed by atoms with E-state index < -0.39 is 16.1 Å². The summed E-state index contributed by atoms with van der Waals surface area (Å²) in [5, 5.41) is -0.278. The van der Waals surface area contributed by atoms with E-state index in [9.17, 15) is 13.2 Å². The number of aromatic nitrogens is 2. The highest BCUT2D eigenvalue weighted by atomic mass is 32.2. The number of hydrogen-bond acceptors (Lipinski definition) is 5. The van der Waals surface area contributed by atoms with Crippen molar-refractivity contribution in [2.75, 3.05) is 19.7 Å². The standard InChI is InChI=1S/C15H23N3O4S/c1-11-9-14(19)17-15(16-11)13-10-18(7-8-22-13)23(20,21)12-5-3-2-4-6-12/h9,12-13H,2-8,10H2,1H3,(H,16,17,19)/t13-/m0/s1. The molecule has 0 amide bonds. The fourth-order valence-electron chi connectivity index (χ4n) is 3.35. The third-order valence-electron chi connectivity index (χ3n) is 4.56. The van der Waals surface area contributed by atoms with Crippen molar-refractivity contribution in [1.29, 1.82) is 0 Å². The fourth-order valence-corrected chi connectivity index (χ4v) is 5.37. The molecule has 1 atom stereocenters. The van der Waals surface area contributed by atoms with Crippen molar-refractivity contribution in [3.05, 3.63) is 27.9 Å². The molecule has 128 valence electrons. The van der Waals surface area contributed by atoms with Crippen molar-refractivity contribution in [3.63, 3.8) is 0 Å². The highest BCUT2D eigenvalue weighted by Gasteiger charge is 2.37. The molecule has 0 bridgehead atoms. The summed E-state index contributed by atoms with van der Waals surface area (Å²) in [5.41, 5.74) is 0.350. The van der Waals surface area contributed by atoms with E-state index in [0.29, 0.717) is 24.7 Å². The molecular weight excluding hydrogens is 318 g/mol. The summed E-state index contributed by atoms with van der Waals surface area (Å²) in [7, 11) is -3.31. The first-order chi connectivity index (χ1) is 11.0. The zero-order valence-electron chi connectivity index (χ0n) is 13.3. The summed E-state index contributed by atoms with van der Waals surface area (Å²) in [5.74, 6) is 0.401. The number of hydrogen-bond donors (Lipinski definition) is 1. The SMILES string of the molecule is Cc1cc(=O)[nH]c([C@@H]2CN(S(=O)(=O)C3CCCCC3)CCO2)n1. The van der Waals surface area contributed by atoms with Crippen LogP contribution in [0.5, 0.6) is 0 Å². The Morgan fingerprint density at radius 2 is 2.04 bits per heavy atom. The minimum Gasteiger partial charge on any atom is -0.368 e. The molecule has 1 saturated carbocycles. The first kappa shape index (κ1) is 16.6. The Bertz CT molecular complexity index is 710. The van der Waals surface area contributed by atoms with Gasteiger partial charge in [0.2, 0.25) is 10.0 Å². The van der Waals surface area contributed by atoms with Gasteiger partial charge in [-0.2, -0.15) is 4.31 Å². The van der Waals surface area contributed by atoms with Gasteiger partial charge in [0.25, 0.3) is 5.56 Å². The van der Waals surface area contributed by atoms with Gasteiger partial charge in [0.1, 0.15) is 11.9 Å². The lowest BCUT2D eigenvalue weighted by Crippen LogP contribution is -2.47. The maximum atomic E-state index is 12.8. The molecule has 2 heterocycles. The molecular formula is C15H23N3O4S. The van der Waals surface area contributed by atoms with E-state index in [-0.39, 0.29) is 17.4 Å². The lowest BCUT2D eigenvalue weighted by Gasteiger charge is -2.35. The second-order valence-electron chi connectivity index (χ2n) is 6.29. The van der Waals surface area contributed by atoms with Gasteiger partial charge in [-0.15, -0.1) is 0 Å². The van der Waals surface area contributed by atoms with E-state index in [1.807, 2.05) is 0 Å². The normalized spacial score (nSPS) is 24.7. The smallest absolute Gasteiger partial charge is 0.251 e. The third kappa shape index (κ3) is 3.64. The van der Waals surface area contributed by atoms with Crippen LogP contribution in [0.4, 0.5) is 0 Å². The maximum absolute atomic E-state index is 12.8. The Morgan fingerprint density at radius 1 is 1.30 bits per heavy atom. The highest BCUT2D eigenvalue weighted by Crippen LogP contribution is 2.29. The van der Waals surface area contributed by atoms with Crippen molar-refractivity contribution >= 4 is 10.0 Å². The number of aromatic amines is 1. The van der Waals surface area contributed by atoms with E-state index in [4.69, 9.17) is 4.74 Å². The Balaban J connectivity index is 1.78. The average molecular weight is 341 g/mol. The van der Waals surface area contributed by atoms with Crippen molar-refractivity contribution in [2.24, 2.45) is 0 Å². The van der Waals surface area contributed by atoms with Gasteiger partial charge >= 0.3 is 0 Å². The highest BCUT2D eigenvalue weighted by molar-refractivity contribution is 7.89. The monoisotopic (exact) mass is 341 g/mol. The molecule has 1 aliphatic carbocycles. The minimum atomic E-state index is -3.31. The van der Waals surface area contributed by atoms with Gasteiger partial charge in [0.15, 0.2) is 0 Å². The van der Waals surface area contributed by atoms with Crippen LogP contribution in [-0.2, 0) is 14.8 Å². The van der Waals surface area contributed by atoms with Crippen LogP contribution in [0.15, 0.2) is 10.9 Å². The molecule has 0 unspecified atom stereocenters. The molecule has 0 spiro atoms. The van der Waals surface area contributed by atoms with Crippen LogP contribution in [0.1, 0.15) is 49.7 Å². The van der Waals surface area contributed by atoms with Gasteiger partial charge in [0, 0.05) is 24.8 Å². The Kier molecular flexibility index (Phi) is 4.84. The number of nitrogens with zero attached hydrogens (tertiary/aromatic N) is 2. The maximum Gasteiger partial charge on any atom is 0.251 e. The van der Waals surface area contributed by atoms with Gasteiger partial charge in [0.05, 0.1) is 11.9 Å². The zero-order chi connectivity index (χ0) is 16.4. The minimum absolute atomic E-state index is 0.214.